The number of hydrogen-bond acceptors (Lipinski definition) is 5. The summed E-state index contributed by atoms with van der Waals surface area (Å²) in [4.78, 5) is 21.7. The molecule has 0 spiro atoms. The predicted molar refractivity (Wildman–Crippen MR) is 117 cm³/mol. The van der Waals surface area contributed by atoms with Crippen LogP contribution in [0.2, 0.25) is 0 Å². The Kier molecular flexibility index (Phi) is 6.18. The SMILES string of the molecule is C[C@H](NCCCNC(=N)N)c1ccc(-n2cc3cc(N(C)C)[nH]c3nc2=O)cc1. The largest absolute Gasteiger partial charge is 0.370 e. The summed E-state index contributed by atoms with van der Waals surface area (Å²) in [5.74, 6) is 0.896. The molecule has 1 aromatic carbocycles. The van der Waals surface area contributed by atoms with E-state index in [1.807, 2.05) is 55.5 Å². The van der Waals surface area contributed by atoms with E-state index in [-0.39, 0.29) is 17.7 Å². The zero-order chi connectivity index (χ0) is 21.0. The molecule has 0 bridgehead atoms. The minimum absolute atomic E-state index is 0.00543. The molecule has 0 amide bonds. The van der Waals surface area contributed by atoms with Crippen LogP contribution < -0.4 is 27.0 Å². The topological polar surface area (TPSA) is 128 Å². The molecule has 9 nitrogen and oxygen atoms in total. The molecule has 2 heterocycles. The van der Waals surface area contributed by atoms with E-state index in [9.17, 15) is 4.79 Å². The lowest BCUT2D eigenvalue weighted by molar-refractivity contribution is 0.555. The average molecular weight is 396 g/mol. The molecule has 29 heavy (non-hydrogen) atoms. The van der Waals surface area contributed by atoms with Gasteiger partial charge in [0.1, 0.15) is 11.5 Å². The molecule has 3 aromatic rings. The lowest BCUT2D eigenvalue weighted by atomic mass is 10.1. The Morgan fingerprint density at radius 1 is 1.31 bits per heavy atom. The molecule has 1 atom stereocenters. The van der Waals surface area contributed by atoms with Crippen LogP contribution in [0.3, 0.4) is 0 Å². The molecular formula is C20H28N8O. The van der Waals surface area contributed by atoms with Crippen LogP contribution in [0.15, 0.2) is 41.3 Å². The van der Waals surface area contributed by atoms with Crippen LogP contribution in [0.1, 0.15) is 24.9 Å². The lowest BCUT2D eigenvalue weighted by Crippen LogP contribution is -2.32. The van der Waals surface area contributed by atoms with Crippen LogP contribution in [0.4, 0.5) is 5.82 Å². The summed E-state index contributed by atoms with van der Waals surface area (Å²) in [6.45, 7) is 3.57. The molecule has 0 aliphatic carbocycles. The summed E-state index contributed by atoms with van der Waals surface area (Å²) < 4.78 is 1.56. The van der Waals surface area contributed by atoms with E-state index < -0.39 is 0 Å². The van der Waals surface area contributed by atoms with Crippen molar-refractivity contribution in [2.45, 2.75) is 19.4 Å². The first-order valence-corrected chi connectivity index (χ1v) is 9.56. The second-order valence-corrected chi connectivity index (χ2v) is 7.21. The van der Waals surface area contributed by atoms with Gasteiger partial charge < -0.3 is 26.3 Å². The Hall–Kier alpha value is -3.33. The standard InChI is InChI=1S/C20H28N8O/c1-13(23-9-4-10-24-19(21)22)14-5-7-16(8-6-14)28-12-15-11-17(27(2)3)25-18(15)26-20(28)29/h5-8,11-13,23H,4,9-10H2,1-3H3,(H4,21,22,24)(H,25,26,29)/t13-/m0/s1. The Balaban J connectivity index is 1.70. The van der Waals surface area contributed by atoms with Crippen LogP contribution in [-0.4, -0.2) is 47.7 Å². The number of aromatic amines is 1. The quantitative estimate of drug-likeness (QED) is 0.222. The van der Waals surface area contributed by atoms with Gasteiger partial charge in [-0.1, -0.05) is 12.1 Å². The molecule has 0 saturated heterocycles. The van der Waals surface area contributed by atoms with Crippen molar-refractivity contribution >= 4 is 22.8 Å². The number of nitrogens with one attached hydrogen (secondary N) is 4. The fourth-order valence-electron chi connectivity index (χ4n) is 3.08. The minimum atomic E-state index is -0.318. The van der Waals surface area contributed by atoms with Crippen LogP contribution in [0.5, 0.6) is 0 Å². The van der Waals surface area contributed by atoms with Crippen molar-refractivity contribution in [1.29, 1.82) is 5.41 Å². The number of guanidine groups is 1. The smallest absolute Gasteiger partial charge is 0.354 e. The summed E-state index contributed by atoms with van der Waals surface area (Å²) >= 11 is 0. The zero-order valence-electron chi connectivity index (χ0n) is 17.0. The number of anilines is 1. The fraction of sp³-hybridized carbons (Fsp3) is 0.350. The molecule has 2 aromatic heterocycles. The van der Waals surface area contributed by atoms with E-state index in [0.717, 1.165) is 35.4 Å². The third-order valence-corrected chi connectivity index (χ3v) is 4.77. The second-order valence-electron chi connectivity index (χ2n) is 7.21. The van der Waals surface area contributed by atoms with Crippen molar-refractivity contribution in [2.24, 2.45) is 5.73 Å². The molecule has 3 rings (SSSR count). The highest BCUT2D eigenvalue weighted by molar-refractivity contribution is 5.80. The molecule has 6 N–H and O–H groups in total. The first-order chi connectivity index (χ1) is 13.8. The average Bonchev–Trinajstić information content (AvgIpc) is 3.10. The molecule has 0 aliphatic rings. The van der Waals surface area contributed by atoms with Gasteiger partial charge in [-0.2, -0.15) is 4.98 Å². The number of benzene rings is 1. The van der Waals surface area contributed by atoms with E-state index in [4.69, 9.17) is 11.1 Å². The van der Waals surface area contributed by atoms with Crippen molar-refractivity contribution in [3.05, 3.63) is 52.6 Å². The van der Waals surface area contributed by atoms with Crippen molar-refractivity contribution in [3.8, 4) is 5.69 Å². The molecule has 0 radical (unpaired) electrons. The third kappa shape index (κ3) is 4.94. The number of H-pyrrole nitrogens is 1. The van der Waals surface area contributed by atoms with Crippen molar-refractivity contribution in [1.82, 2.24) is 25.2 Å². The van der Waals surface area contributed by atoms with Gasteiger partial charge in [0, 0.05) is 38.3 Å². The third-order valence-electron chi connectivity index (χ3n) is 4.77. The molecule has 154 valence electrons. The van der Waals surface area contributed by atoms with Gasteiger partial charge in [-0.05, 0) is 43.7 Å². The van der Waals surface area contributed by atoms with E-state index >= 15 is 0 Å². The van der Waals surface area contributed by atoms with Gasteiger partial charge in [-0.15, -0.1) is 0 Å². The highest BCUT2D eigenvalue weighted by Crippen LogP contribution is 2.19. The summed E-state index contributed by atoms with van der Waals surface area (Å²) in [7, 11) is 3.87. The molecule has 0 aliphatic heterocycles. The van der Waals surface area contributed by atoms with Gasteiger partial charge in [-0.25, -0.2) is 4.79 Å². The monoisotopic (exact) mass is 396 g/mol. The molecule has 0 saturated carbocycles. The molecule has 9 heteroatoms. The highest BCUT2D eigenvalue weighted by Gasteiger charge is 2.10. The Morgan fingerprint density at radius 3 is 2.69 bits per heavy atom. The van der Waals surface area contributed by atoms with Gasteiger partial charge in [0.15, 0.2) is 5.96 Å². The zero-order valence-corrected chi connectivity index (χ0v) is 17.0. The first-order valence-electron chi connectivity index (χ1n) is 9.56. The molecule has 0 fully saturated rings. The van der Waals surface area contributed by atoms with Gasteiger partial charge >= 0.3 is 5.69 Å². The maximum Gasteiger partial charge on any atom is 0.354 e. The normalized spacial score (nSPS) is 12.1. The van der Waals surface area contributed by atoms with Crippen molar-refractivity contribution < 1.29 is 0 Å². The number of fused-ring (bicyclic) bond motifs is 1. The van der Waals surface area contributed by atoms with Gasteiger partial charge in [0.25, 0.3) is 0 Å². The van der Waals surface area contributed by atoms with Gasteiger partial charge in [0.05, 0.1) is 5.69 Å². The van der Waals surface area contributed by atoms with Crippen LogP contribution in [0.25, 0.3) is 16.7 Å². The van der Waals surface area contributed by atoms with E-state index in [1.165, 1.54) is 0 Å². The van der Waals surface area contributed by atoms with Gasteiger partial charge in [-0.3, -0.25) is 9.98 Å². The number of nitrogens with two attached hydrogens (primary N) is 1. The van der Waals surface area contributed by atoms with E-state index in [0.29, 0.717) is 12.2 Å². The number of nitrogens with zero attached hydrogens (tertiary/aromatic N) is 3. The predicted octanol–water partition coefficient (Wildman–Crippen LogP) is 1.30. The summed E-state index contributed by atoms with van der Waals surface area (Å²) in [5, 5.41) is 14.2. The van der Waals surface area contributed by atoms with Crippen LogP contribution in [0, 0.1) is 5.41 Å². The highest BCUT2D eigenvalue weighted by atomic mass is 16.1. The fourth-order valence-corrected chi connectivity index (χ4v) is 3.08. The van der Waals surface area contributed by atoms with E-state index in [1.54, 1.807) is 4.57 Å². The van der Waals surface area contributed by atoms with Crippen LogP contribution >= 0.6 is 0 Å². The van der Waals surface area contributed by atoms with Gasteiger partial charge in [0.2, 0.25) is 0 Å². The Bertz CT molecular complexity index is 1030. The molecular weight excluding hydrogens is 368 g/mol. The van der Waals surface area contributed by atoms with Crippen molar-refractivity contribution in [3.63, 3.8) is 0 Å². The summed E-state index contributed by atoms with van der Waals surface area (Å²) in [6.07, 6.45) is 2.68. The summed E-state index contributed by atoms with van der Waals surface area (Å²) in [5.41, 5.74) is 7.44. The van der Waals surface area contributed by atoms with E-state index in [2.05, 4.69) is 27.5 Å². The van der Waals surface area contributed by atoms with Crippen molar-refractivity contribution in [2.75, 3.05) is 32.1 Å². The number of hydrogen-bond donors (Lipinski definition) is 5. The second kappa shape index (κ2) is 8.78. The molecule has 0 unspecified atom stereocenters. The Morgan fingerprint density at radius 2 is 2.03 bits per heavy atom. The summed E-state index contributed by atoms with van der Waals surface area (Å²) in [6, 6.07) is 10.0. The Labute approximate surface area is 169 Å². The minimum Gasteiger partial charge on any atom is -0.370 e. The lowest BCUT2D eigenvalue weighted by Gasteiger charge is -2.15. The first kappa shape index (κ1) is 20.4. The number of rotatable bonds is 8. The maximum atomic E-state index is 12.5. The maximum absolute atomic E-state index is 12.5. The number of aromatic nitrogens is 3. The van der Waals surface area contributed by atoms with Crippen LogP contribution in [-0.2, 0) is 0 Å².